The number of benzene rings is 2. The van der Waals surface area contributed by atoms with Crippen LogP contribution < -0.4 is 10.9 Å². The fraction of sp³-hybridized carbons (Fsp3) is 0.143. The topological polar surface area (TPSA) is 49.7 Å². The van der Waals surface area contributed by atoms with E-state index in [1.165, 1.54) is 0 Å². The summed E-state index contributed by atoms with van der Waals surface area (Å²) in [5.41, 5.74) is 3.46. The van der Waals surface area contributed by atoms with Crippen molar-refractivity contribution in [3.05, 3.63) is 59.7 Å². The lowest BCUT2D eigenvalue weighted by Gasteiger charge is -2.12. The van der Waals surface area contributed by atoms with Gasteiger partial charge in [-0.3, -0.25) is 0 Å². The Kier molecular flexibility index (Phi) is 4.43. The molecule has 0 amide bonds. The summed E-state index contributed by atoms with van der Waals surface area (Å²) in [4.78, 5) is 0. The van der Waals surface area contributed by atoms with Gasteiger partial charge in [0.05, 0.1) is 0 Å². The van der Waals surface area contributed by atoms with Gasteiger partial charge in [-0.05, 0) is 24.8 Å². The van der Waals surface area contributed by atoms with E-state index in [1.54, 1.807) is 24.3 Å². The fourth-order valence-electron chi connectivity index (χ4n) is 1.74. The second-order valence-corrected chi connectivity index (χ2v) is 4.66. The highest BCUT2D eigenvalue weighted by Crippen LogP contribution is 1.98. The Morgan fingerprint density at radius 3 is 1.32 bits per heavy atom. The maximum absolute atomic E-state index is 9.92. The molecule has 3 nitrogen and oxygen atoms in total. The number of hydrogen-bond donors (Lipinski definition) is 2. The Morgan fingerprint density at radius 2 is 1.00 bits per heavy atom. The van der Waals surface area contributed by atoms with Crippen LogP contribution in [0, 0.1) is 13.8 Å². The third-order valence-electron chi connectivity index (χ3n) is 2.98. The first kappa shape index (κ1) is 13.9. The van der Waals surface area contributed by atoms with E-state index >= 15 is 0 Å². The Balaban J connectivity index is 2.03. The predicted octanol–water partition coefficient (Wildman–Crippen LogP) is 0.395. The van der Waals surface area contributed by atoms with Crippen molar-refractivity contribution in [1.29, 1.82) is 0 Å². The summed E-state index contributed by atoms with van der Waals surface area (Å²) in [5, 5.41) is 19.8. The first-order chi connectivity index (χ1) is 9.06. The predicted molar refractivity (Wildman–Crippen MR) is 78.7 cm³/mol. The first-order valence-corrected chi connectivity index (χ1v) is 6.21. The molecule has 19 heavy (non-hydrogen) atoms. The van der Waals surface area contributed by atoms with E-state index in [1.807, 2.05) is 38.1 Å². The van der Waals surface area contributed by atoms with Gasteiger partial charge in [-0.2, -0.15) is 0 Å². The van der Waals surface area contributed by atoms with E-state index < -0.39 is 14.2 Å². The second kappa shape index (κ2) is 6.06. The van der Waals surface area contributed by atoms with Crippen LogP contribution in [0.1, 0.15) is 11.1 Å². The molecule has 0 aliphatic heterocycles. The van der Waals surface area contributed by atoms with Gasteiger partial charge in [0.1, 0.15) is 0 Å². The SMILES string of the molecule is Cc1ccc(B(O)OB(O)c2ccc(C)cc2)cc1. The van der Waals surface area contributed by atoms with Crippen LogP contribution in [0.3, 0.4) is 0 Å². The summed E-state index contributed by atoms with van der Waals surface area (Å²) in [7, 11) is -2.28. The van der Waals surface area contributed by atoms with Crippen molar-refractivity contribution >= 4 is 25.2 Å². The quantitative estimate of drug-likeness (QED) is 0.776. The first-order valence-electron chi connectivity index (χ1n) is 6.21. The Morgan fingerprint density at radius 1 is 0.684 bits per heavy atom. The maximum atomic E-state index is 9.92. The van der Waals surface area contributed by atoms with Crippen LogP contribution in [-0.2, 0) is 4.57 Å². The molecular weight excluding hydrogens is 238 g/mol. The summed E-state index contributed by atoms with van der Waals surface area (Å²) in [6, 6.07) is 14.7. The third kappa shape index (κ3) is 3.70. The minimum absolute atomic E-state index is 0.622. The Labute approximate surface area is 114 Å². The minimum atomic E-state index is -1.14. The van der Waals surface area contributed by atoms with Crippen molar-refractivity contribution < 1.29 is 14.6 Å². The molecule has 0 heterocycles. The van der Waals surface area contributed by atoms with E-state index in [0.29, 0.717) is 10.9 Å². The van der Waals surface area contributed by atoms with Crippen LogP contribution in [0.4, 0.5) is 0 Å². The monoisotopic (exact) mass is 254 g/mol. The van der Waals surface area contributed by atoms with Crippen molar-refractivity contribution in [3.63, 3.8) is 0 Å². The van der Waals surface area contributed by atoms with Gasteiger partial charge in [0, 0.05) is 0 Å². The van der Waals surface area contributed by atoms with Gasteiger partial charge < -0.3 is 14.6 Å². The van der Waals surface area contributed by atoms with Crippen molar-refractivity contribution in [2.24, 2.45) is 0 Å². The zero-order chi connectivity index (χ0) is 13.8. The van der Waals surface area contributed by atoms with Crippen LogP contribution in [0.25, 0.3) is 0 Å². The smallest absolute Gasteiger partial charge is 0.443 e. The lowest BCUT2D eigenvalue weighted by Crippen LogP contribution is -2.44. The molecule has 0 saturated heterocycles. The third-order valence-corrected chi connectivity index (χ3v) is 2.98. The van der Waals surface area contributed by atoms with Crippen LogP contribution in [0.15, 0.2) is 48.5 Å². The van der Waals surface area contributed by atoms with Gasteiger partial charge in [0.25, 0.3) is 0 Å². The van der Waals surface area contributed by atoms with Crippen LogP contribution in [0.2, 0.25) is 0 Å². The van der Waals surface area contributed by atoms with E-state index in [0.717, 1.165) is 11.1 Å². The molecule has 0 aromatic heterocycles. The zero-order valence-electron chi connectivity index (χ0n) is 11.1. The highest BCUT2D eigenvalue weighted by atomic mass is 16.5. The van der Waals surface area contributed by atoms with Crippen molar-refractivity contribution in [1.82, 2.24) is 0 Å². The number of hydrogen-bond acceptors (Lipinski definition) is 3. The van der Waals surface area contributed by atoms with Gasteiger partial charge in [-0.1, -0.05) is 59.7 Å². The Bertz CT molecular complexity index is 476. The van der Waals surface area contributed by atoms with Crippen LogP contribution in [-0.4, -0.2) is 24.3 Å². The maximum Gasteiger partial charge on any atom is 0.477 e. The molecule has 96 valence electrons. The summed E-state index contributed by atoms with van der Waals surface area (Å²) < 4.78 is 5.21. The van der Waals surface area contributed by atoms with Gasteiger partial charge in [-0.25, -0.2) is 0 Å². The summed E-state index contributed by atoms with van der Waals surface area (Å²) in [5.74, 6) is 0. The second-order valence-electron chi connectivity index (χ2n) is 4.66. The summed E-state index contributed by atoms with van der Waals surface area (Å²) in [6.07, 6.45) is 0. The Hall–Kier alpha value is -1.55. The summed E-state index contributed by atoms with van der Waals surface area (Å²) >= 11 is 0. The zero-order valence-corrected chi connectivity index (χ0v) is 11.1. The highest BCUT2D eigenvalue weighted by Gasteiger charge is 2.25. The molecule has 0 spiro atoms. The number of aryl methyl sites for hydroxylation is 2. The normalized spacial score (nSPS) is 10.3. The molecule has 0 aliphatic rings. The lowest BCUT2D eigenvalue weighted by molar-refractivity contribution is 0.379. The standard InChI is InChI=1S/C14H16B2O3/c1-11-3-7-13(8-4-11)15(17)19-16(18)14-9-5-12(2)6-10-14/h3-10,17-18H,1-2H3. The highest BCUT2D eigenvalue weighted by molar-refractivity contribution is 6.73. The van der Waals surface area contributed by atoms with E-state index in [4.69, 9.17) is 4.57 Å². The molecule has 0 aliphatic carbocycles. The van der Waals surface area contributed by atoms with Gasteiger partial charge in [0.2, 0.25) is 0 Å². The minimum Gasteiger partial charge on any atom is -0.443 e. The molecule has 2 aromatic carbocycles. The van der Waals surface area contributed by atoms with Crippen molar-refractivity contribution in [2.75, 3.05) is 0 Å². The fourth-order valence-corrected chi connectivity index (χ4v) is 1.74. The molecule has 2 N–H and O–H groups in total. The van der Waals surface area contributed by atoms with Crippen LogP contribution in [0.5, 0.6) is 0 Å². The lowest BCUT2D eigenvalue weighted by atomic mass is 9.71. The van der Waals surface area contributed by atoms with E-state index in [2.05, 4.69) is 0 Å². The number of rotatable bonds is 4. The van der Waals surface area contributed by atoms with Gasteiger partial charge in [-0.15, -0.1) is 0 Å². The molecule has 0 saturated carbocycles. The van der Waals surface area contributed by atoms with Crippen LogP contribution >= 0.6 is 0 Å². The van der Waals surface area contributed by atoms with E-state index in [9.17, 15) is 10.0 Å². The largest absolute Gasteiger partial charge is 0.477 e. The molecule has 2 rings (SSSR count). The summed E-state index contributed by atoms with van der Waals surface area (Å²) in [6.45, 7) is 3.94. The average molecular weight is 254 g/mol. The molecule has 0 bridgehead atoms. The van der Waals surface area contributed by atoms with E-state index in [-0.39, 0.29) is 0 Å². The van der Waals surface area contributed by atoms with Gasteiger partial charge >= 0.3 is 14.2 Å². The molecule has 0 unspecified atom stereocenters. The van der Waals surface area contributed by atoms with Crippen molar-refractivity contribution in [2.45, 2.75) is 13.8 Å². The average Bonchev–Trinajstić information content (AvgIpc) is 2.40. The molecular formula is C14H16B2O3. The van der Waals surface area contributed by atoms with Crippen molar-refractivity contribution in [3.8, 4) is 0 Å². The molecule has 0 fully saturated rings. The molecule has 5 heteroatoms. The van der Waals surface area contributed by atoms with Gasteiger partial charge in [0.15, 0.2) is 0 Å². The molecule has 2 aromatic rings. The molecule has 0 atom stereocenters. The molecule has 0 radical (unpaired) electrons.